The number of nitrogens with two attached hydrogens (primary N) is 1. The molecule has 1 heterocycles. The van der Waals surface area contributed by atoms with E-state index in [4.69, 9.17) is 5.73 Å². The Balaban J connectivity index is 2.51. The molecule has 74 valence electrons. The number of nitrogens with zero attached hydrogens (tertiary/aromatic N) is 2. The lowest BCUT2D eigenvalue weighted by molar-refractivity contribution is 0.290. The number of rotatable bonds is 5. The molecule has 0 atom stereocenters. The maximum absolute atomic E-state index is 5.52. The zero-order chi connectivity index (χ0) is 9.68. The fourth-order valence-corrected chi connectivity index (χ4v) is 2.03. The molecule has 0 spiro atoms. The lowest BCUT2D eigenvalue weighted by Gasteiger charge is -2.18. The fourth-order valence-electron chi connectivity index (χ4n) is 1.21. The first-order chi connectivity index (χ1) is 6.27. The summed E-state index contributed by atoms with van der Waals surface area (Å²) in [5, 5.41) is 0. The van der Waals surface area contributed by atoms with Gasteiger partial charge in [-0.2, -0.15) is 0 Å². The second-order valence-electron chi connectivity index (χ2n) is 3.02. The van der Waals surface area contributed by atoms with E-state index in [0.717, 1.165) is 31.9 Å². The van der Waals surface area contributed by atoms with Crippen molar-refractivity contribution < 1.29 is 0 Å². The number of aromatic nitrogens is 1. The van der Waals surface area contributed by atoms with E-state index in [1.165, 1.54) is 4.88 Å². The molecule has 0 aliphatic carbocycles. The van der Waals surface area contributed by atoms with Crippen LogP contribution >= 0.6 is 11.3 Å². The molecule has 0 aliphatic heterocycles. The van der Waals surface area contributed by atoms with Gasteiger partial charge in [0.2, 0.25) is 0 Å². The van der Waals surface area contributed by atoms with Crippen LogP contribution in [0.3, 0.4) is 0 Å². The molecule has 2 N–H and O–H groups in total. The van der Waals surface area contributed by atoms with Crippen molar-refractivity contribution >= 4 is 11.3 Å². The molecule has 4 heteroatoms. The van der Waals surface area contributed by atoms with Crippen LogP contribution in [-0.2, 0) is 6.54 Å². The molecule has 3 nitrogen and oxygen atoms in total. The summed E-state index contributed by atoms with van der Waals surface area (Å²) in [5.74, 6) is 0. The number of aryl methyl sites for hydroxylation is 1. The van der Waals surface area contributed by atoms with Gasteiger partial charge >= 0.3 is 0 Å². The van der Waals surface area contributed by atoms with Gasteiger partial charge in [0.1, 0.15) is 0 Å². The maximum Gasteiger partial charge on any atom is 0.0798 e. The third-order valence-electron chi connectivity index (χ3n) is 2.10. The molecule has 0 radical (unpaired) electrons. The van der Waals surface area contributed by atoms with Gasteiger partial charge in [-0.05, 0) is 13.5 Å². The third kappa shape index (κ3) is 3.06. The molecular weight excluding hydrogens is 182 g/mol. The Morgan fingerprint density at radius 3 is 2.85 bits per heavy atom. The van der Waals surface area contributed by atoms with Crippen LogP contribution in [0.1, 0.15) is 17.5 Å². The second kappa shape index (κ2) is 5.32. The third-order valence-corrected chi connectivity index (χ3v) is 3.02. The Hall–Kier alpha value is -0.450. The SMILES string of the molecule is CCN(CCN)Cc1scnc1C. The first kappa shape index (κ1) is 10.6. The van der Waals surface area contributed by atoms with Crippen molar-refractivity contribution in [2.24, 2.45) is 5.73 Å². The Morgan fingerprint density at radius 1 is 1.62 bits per heavy atom. The summed E-state index contributed by atoms with van der Waals surface area (Å²) < 4.78 is 0. The average Bonchev–Trinajstić information content (AvgIpc) is 2.51. The zero-order valence-electron chi connectivity index (χ0n) is 8.29. The van der Waals surface area contributed by atoms with Crippen molar-refractivity contribution in [3.63, 3.8) is 0 Å². The van der Waals surface area contributed by atoms with E-state index < -0.39 is 0 Å². The highest BCUT2D eigenvalue weighted by Gasteiger charge is 2.06. The quantitative estimate of drug-likeness (QED) is 0.775. The topological polar surface area (TPSA) is 42.1 Å². The predicted octanol–water partition coefficient (Wildman–Crippen LogP) is 1.23. The van der Waals surface area contributed by atoms with Crippen LogP contribution < -0.4 is 5.73 Å². The summed E-state index contributed by atoms with van der Waals surface area (Å²) in [4.78, 5) is 7.92. The van der Waals surface area contributed by atoms with E-state index >= 15 is 0 Å². The van der Waals surface area contributed by atoms with E-state index in [9.17, 15) is 0 Å². The highest BCUT2D eigenvalue weighted by atomic mass is 32.1. The van der Waals surface area contributed by atoms with Gasteiger partial charge in [-0.1, -0.05) is 6.92 Å². The molecule has 0 bridgehead atoms. The molecule has 0 saturated carbocycles. The summed E-state index contributed by atoms with van der Waals surface area (Å²) in [5.41, 5.74) is 8.58. The van der Waals surface area contributed by atoms with Gasteiger partial charge in [0, 0.05) is 24.5 Å². The Morgan fingerprint density at radius 2 is 2.38 bits per heavy atom. The van der Waals surface area contributed by atoms with E-state index in [1.54, 1.807) is 11.3 Å². The average molecular weight is 199 g/mol. The molecule has 0 unspecified atom stereocenters. The minimum absolute atomic E-state index is 0.728. The molecule has 1 rings (SSSR count). The van der Waals surface area contributed by atoms with Crippen LogP contribution in [0, 0.1) is 6.92 Å². The van der Waals surface area contributed by atoms with Crippen molar-refractivity contribution in [2.45, 2.75) is 20.4 Å². The van der Waals surface area contributed by atoms with Crippen LogP contribution in [-0.4, -0.2) is 29.5 Å². The van der Waals surface area contributed by atoms with E-state index in [1.807, 2.05) is 5.51 Å². The van der Waals surface area contributed by atoms with Gasteiger partial charge in [0.25, 0.3) is 0 Å². The first-order valence-electron chi connectivity index (χ1n) is 4.59. The van der Waals surface area contributed by atoms with Gasteiger partial charge in [-0.25, -0.2) is 4.98 Å². The predicted molar refractivity (Wildman–Crippen MR) is 56.9 cm³/mol. The number of likely N-dealkylation sites (N-methyl/N-ethyl adjacent to an activating group) is 1. The molecule has 1 aromatic rings. The molecule has 1 aromatic heterocycles. The molecule has 13 heavy (non-hydrogen) atoms. The van der Waals surface area contributed by atoms with Crippen molar-refractivity contribution in [1.29, 1.82) is 0 Å². The van der Waals surface area contributed by atoms with Crippen LogP contribution in [0.2, 0.25) is 0 Å². The van der Waals surface area contributed by atoms with E-state index in [0.29, 0.717) is 0 Å². The zero-order valence-corrected chi connectivity index (χ0v) is 9.10. The van der Waals surface area contributed by atoms with Gasteiger partial charge in [-0.3, -0.25) is 4.90 Å². The number of hydrogen-bond donors (Lipinski definition) is 1. The van der Waals surface area contributed by atoms with E-state index in [-0.39, 0.29) is 0 Å². The standard InChI is InChI=1S/C9H17N3S/c1-3-12(5-4-10)6-9-8(2)11-7-13-9/h7H,3-6,10H2,1-2H3. The van der Waals surface area contributed by atoms with Crippen molar-refractivity contribution in [2.75, 3.05) is 19.6 Å². The summed E-state index contributed by atoms with van der Waals surface area (Å²) in [6.45, 7) is 7.95. The minimum Gasteiger partial charge on any atom is -0.329 e. The summed E-state index contributed by atoms with van der Waals surface area (Å²) >= 11 is 1.73. The Kier molecular flexibility index (Phi) is 4.35. The van der Waals surface area contributed by atoms with Crippen molar-refractivity contribution in [3.8, 4) is 0 Å². The molecule has 0 aromatic carbocycles. The molecule has 0 saturated heterocycles. The highest BCUT2D eigenvalue weighted by molar-refractivity contribution is 7.09. The van der Waals surface area contributed by atoms with Crippen LogP contribution in [0.15, 0.2) is 5.51 Å². The fraction of sp³-hybridized carbons (Fsp3) is 0.667. The Bertz CT molecular complexity index is 247. The summed E-state index contributed by atoms with van der Waals surface area (Å²) in [6.07, 6.45) is 0. The van der Waals surface area contributed by atoms with Gasteiger partial charge in [-0.15, -0.1) is 11.3 Å². The summed E-state index contributed by atoms with van der Waals surface area (Å²) in [7, 11) is 0. The molecule has 0 fully saturated rings. The largest absolute Gasteiger partial charge is 0.329 e. The first-order valence-corrected chi connectivity index (χ1v) is 5.47. The van der Waals surface area contributed by atoms with Crippen LogP contribution in [0.25, 0.3) is 0 Å². The van der Waals surface area contributed by atoms with Crippen LogP contribution in [0.5, 0.6) is 0 Å². The van der Waals surface area contributed by atoms with E-state index in [2.05, 4.69) is 23.7 Å². The van der Waals surface area contributed by atoms with Gasteiger partial charge < -0.3 is 5.73 Å². The number of thiazole rings is 1. The van der Waals surface area contributed by atoms with Crippen molar-refractivity contribution in [1.82, 2.24) is 9.88 Å². The van der Waals surface area contributed by atoms with Gasteiger partial charge in [0.15, 0.2) is 0 Å². The number of hydrogen-bond acceptors (Lipinski definition) is 4. The van der Waals surface area contributed by atoms with Gasteiger partial charge in [0.05, 0.1) is 11.2 Å². The normalized spacial score (nSPS) is 11.1. The molecular formula is C9H17N3S. The van der Waals surface area contributed by atoms with Crippen molar-refractivity contribution in [3.05, 3.63) is 16.1 Å². The minimum atomic E-state index is 0.728. The highest BCUT2D eigenvalue weighted by Crippen LogP contribution is 2.14. The molecule has 0 amide bonds. The second-order valence-corrected chi connectivity index (χ2v) is 3.96. The van der Waals surface area contributed by atoms with Crippen LogP contribution in [0.4, 0.5) is 0 Å². The smallest absolute Gasteiger partial charge is 0.0798 e. The lowest BCUT2D eigenvalue weighted by Crippen LogP contribution is -2.28. The molecule has 0 aliphatic rings. The lowest BCUT2D eigenvalue weighted by atomic mass is 10.3. The monoisotopic (exact) mass is 199 g/mol. The maximum atomic E-state index is 5.52. The Labute approximate surface area is 83.6 Å². The summed E-state index contributed by atoms with van der Waals surface area (Å²) in [6, 6.07) is 0.